The number of benzene rings is 1. The topological polar surface area (TPSA) is 118 Å². The Labute approximate surface area is 184 Å². The van der Waals surface area contributed by atoms with E-state index >= 15 is 0 Å². The lowest BCUT2D eigenvalue weighted by Gasteiger charge is -2.42. The molecule has 10 nitrogen and oxygen atoms in total. The second-order valence-corrected chi connectivity index (χ2v) is 8.30. The second-order valence-electron chi connectivity index (χ2n) is 8.30. The highest BCUT2D eigenvalue weighted by atomic mass is 16.5. The molecule has 0 atom stereocenters. The van der Waals surface area contributed by atoms with Gasteiger partial charge < -0.3 is 20.1 Å². The molecule has 6 rings (SSSR count). The number of aromatic nitrogens is 5. The molecule has 0 bridgehead atoms. The predicted molar refractivity (Wildman–Crippen MR) is 121 cm³/mol. The Kier molecular flexibility index (Phi) is 4.54. The Hall–Kier alpha value is -3.50. The summed E-state index contributed by atoms with van der Waals surface area (Å²) in [7, 11) is 0. The van der Waals surface area contributed by atoms with E-state index in [4.69, 9.17) is 20.2 Å². The number of piperazine rings is 1. The van der Waals surface area contributed by atoms with Crippen molar-refractivity contribution in [1.82, 2.24) is 30.0 Å². The van der Waals surface area contributed by atoms with Gasteiger partial charge in [0.2, 0.25) is 5.88 Å². The molecule has 4 aromatic rings. The highest BCUT2D eigenvalue weighted by Crippen LogP contribution is 2.37. The van der Waals surface area contributed by atoms with Crippen LogP contribution in [-0.2, 0) is 4.74 Å². The lowest BCUT2D eigenvalue weighted by Crippen LogP contribution is -2.56. The third-order valence-electron chi connectivity index (χ3n) is 6.35. The summed E-state index contributed by atoms with van der Waals surface area (Å²) in [6, 6.07) is 6.49. The lowest BCUT2D eigenvalue weighted by atomic mass is 10.1. The highest BCUT2D eigenvalue weighted by molar-refractivity contribution is 5.95. The minimum absolute atomic E-state index is 0.343. The maximum absolute atomic E-state index is 6.41. The quantitative estimate of drug-likeness (QED) is 0.500. The summed E-state index contributed by atoms with van der Waals surface area (Å²) in [6.45, 7) is 7.38. The molecule has 0 unspecified atom stereocenters. The van der Waals surface area contributed by atoms with Crippen LogP contribution in [0.2, 0.25) is 0 Å². The summed E-state index contributed by atoms with van der Waals surface area (Å²) in [5, 5.41) is 8.64. The molecule has 32 heavy (non-hydrogen) atoms. The van der Waals surface area contributed by atoms with Gasteiger partial charge in [-0.1, -0.05) is 6.07 Å². The Morgan fingerprint density at radius 1 is 1.16 bits per heavy atom. The number of nitrogen functional groups attached to an aromatic ring is 1. The summed E-state index contributed by atoms with van der Waals surface area (Å²) < 4.78 is 11.8. The van der Waals surface area contributed by atoms with Gasteiger partial charge in [0, 0.05) is 32.2 Å². The minimum Gasteiger partial charge on any atom is -0.437 e. The number of ether oxygens (including phenoxy) is 2. The van der Waals surface area contributed by atoms with Crippen LogP contribution in [-0.4, -0.2) is 75.5 Å². The van der Waals surface area contributed by atoms with Gasteiger partial charge >= 0.3 is 0 Å². The molecule has 2 fully saturated rings. The van der Waals surface area contributed by atoms with Crippen LogP contribution in [0.15, 0.2) is 30.7 Å². The zero-order valence-electron chi connectivity index (χ0n) is 17.8. The molecule has 0 spiro atoms. The number of anilines is 2. The fraction of sp³-hybridized carbons (Fsp3) is 0.364. The summed E-state index contributed by atoms with van der Waals surface area (Å²) in [4.78, 5) is 18.3. The molecule has 0 saturated carbocycles. The fourth-order valence-corrected chi connectivity index (χ4v) is 4.38. The number of nitrogens with zero attached hydrogens (tertiary/aromatic N) is 6. The predicted octanol–water partition coefficient (Wildman–Crippen LogP) is 2.10. The number of aryl methyl sites for hydroxylation is 1. The third-order valence-corrected chi connectivity index (χ3v) is 6.35. The SMILES string of the molecule is Cc1ccc2[nH]ncc2c1Oc1nc(N2CCN(C3COC3)CC2)cc2ncnc(N)c12. The van der Waals surface area contributed by atoms with Crippen LogP contribution in [0.5, 0.6) is 11.6 Å². The van der Waals surface area contributed by atoms with Gasteiger partial charge in [-0.3, -0.25) is 10.00 Å². The summed E-state index contributed by atoms with van der Waals surface area (Å²) in [6.07, 6.45) is 3.23. The first-order valence-corrected chi connectivity index (χ1v) is 10.8. The van der Waals surface area contributed by atoms with Crippen molar-refractivity contribution >= 4 is 33.4 Å². The molecular weight excluding hydrogens is 408 g/mol. The molecule has 2 aliphatic heterocycles. The fourth-order valence-electron chi connectivity index (χ4n) is 4.38. The Balaban J connectivity index is 1.39. The molecule has 164 valence electrons. The largest absolute Gasteiger partial charge is 0.437 e. The van der Waals surface area contributed by atoms with Crippen molar-refractivity contribution in [3.8, 4) is 11.6 Å². The Morgan fingerprint density at radius 2 is 2.00 bits per heavy atom. The average Bonchev–Trinajstić information content (AvgIpc) is 3.24. The Bertz CT molecular complexity index is 1290. The first-order valence-electron chi connectivity index (χ1n) is 10.8. The van der Waals surface area contributed by atoms with Crippen molar-refractivity contribution in [1.29, 1.82) is 0 Å². The van der Waals surface area contributed by atoms with Gasteiger partial charge in [0.25, 0.3) is 0 Å². The van der Waals surface area contributed by atoms with Crippen LogP contribution in [0, 0.1) is 6.92 Å². The molecule has 1 aromatic carbocycles. The average molecular weight is 432 g/mol. The number of nitrogens with one attached hydrogen (secondary N) is 1. The number of nitrogens with two attached hydrogens (primary N) is 1. The molecule has 5 heterocycles. The van der Waals surface area contributed by atoms with Crippen LogP contribution in [0.3, 0.4) is 0 Å². The van der Waals surface area contributed by atoms with E-state index in [0.717, 1.165) is 61.7 Å². The van der Waals surface area contributed by atoms with Crippen molar-refractivity contribution in [3.05, 3.63) is 36.3 Å². The van der Waals surface area contributed by atoms with Gasteiger partial charge in [0.05, 0.1) is 41.9 Å². The number of fused-ring (bicyclic) bond motifs is 2. The summed E-state index contributed by atoms with van der Waals surface area (Å²) in [5.74, 6) is 2.27. The minimum atomic E-state index is 0.343. The number of hydrogen-bond donors (Lipinski definition) is 2. The molecule has 3 aromatic heterocycles. The molecule has 2 aliphatic rings. The van der Waals surface area contributed by atoms with E-state index in [9.17, 15) is 0 Å². The highest BCUT2D eigenvalue weighted by Gasteiger charge is 2.29. The van der Waals surface area contributed by atoms with Crippen molar-refractivity contribution in [2.45, 2.75) is 13.0 Å². The number of rotatable bonds is 4. The standard InChI is InChI=1S/C22H24N8O2/c1-13-2-3-16-15(9-26-28-16)20(13)32-22-19-17(24-12-25-21(19)23)8-18(27-22)30-6-4-29(5-7-30)14-10-31-11-14/h2-3,8-9,12,14H,4-7,10-11H2,1H3,(H,26,28)(H2,23,24,25). The van der Waals surface area contributed by atoms with E-state index < -0.39 is 0 Å². The maximum Gasteiger partial charge on any atom is 0.234 e. The zero-order valence-corrected chi connectivity index (χ0v) is 17.8. The Morgan fingerprint density at radius 3 is 2.78 bits per heavy atom. The van der Waals surface area contributed by atoms with Crippen LogP contribution >= 0.6 is 0 Å². The smallest absolute Gasteiger partial charge is 0.234 e. The van der Waals surface area contributed by atoms with Gasteiger partial charge in [-0.25, -0.2) is 9.97 Å². The monoisotopic (exact) mass is 432 g/mol. The van der Waals surface area contributed by atoms with Gasteiger partial charge in [-0.15, -0.1) is 0 Å². The van der Waals surface area contributed by atoms with E-state index in [2.05, 4.69) is 30.0 Å². The molecule has 0 amide bonds. The van der Waals surface area contributed by atoms with Crippen LogP contribution in [0.1, 0.15) is 5.56 Å². The van der Waals surface area contributed by atoms with E-state index in [1.54, 1.807) is 6.20 Å². The van der Waals surface area contributed by atoms with Crippen LogP contribution < -0.4 is 15.4 Å². The van der Waals surface area contributed by atoms with Gasteiger partial charge in [-0.2, -0.15) is 10.1 Å². The van der Waals surface area contributed by atoms with Crippen LogP contribution in [0.25, 0.3) is 21.8 Å². The van der Waals surface area contributed by atoms with Crippen LogP contribution in [0.4, 0.5) is 11.6 Å². The van der Waals surface area contributed by atoms with E-state index in [1.807, 2.05) is 25.1 Å². The molecule has 0 aliphatic carbocycles. The van der Waals surface area contributed by atoms with Crippen molar-refractivity contribution in [3.63, 3.8) is 0 Å². The van der Waals surface area contributed by atoms with Crippen molar-refractivity contribution in [2.24, 2.45) is 0 Å². The van der Waals surface area contributed by atoms with E-state index in [-0.39, 0.29) is 0 Å². The van der Waals surface area contributed by atoms with E-state index in [1.165, 1.54) is 6.33 Å². The number of hydrogen-bond acceptors (Lipinski definition) is 9. The molecule has 10 heteroatoms. The number of H-pyrrole nitrogens is 1. The van der Waals surface area contributed by atoms with Gasteiger partial charge in [0.15, 0.2) is 0 Å². The van der Waals surface area contributed by atoms with Crippen molar-refractivity contribution < 1.29 is 9.47 Å². The normalized spacial score (nSPS) is 17.7. The number of aromatic amines is 1. The third kappa shape index (κ3) is 3.19. The molecular formula is C22H24N8O2. The number of pyridine rings is 1. The summed E-state index contributed by atoms with van der Waals surface area (Å²) in [5.41, 5.74) is 8.81. The second kappa shape index (κ2) is 7.57. The molecule has 0 radical (unpaired) electrons. The first kappa shape index (κ1) is 19.2. The summed E-state index contributed by atoms with van der Waals surface area (Å²) >= 11 is 0. The lowest BCUT2D eigenvalue weighted by molar-refractivity contribution is -0.0661. The molecule has 2 saturated heterocycles. The van der Waals surface area contributed by atoms with Gasteiger partial charge in [0.1, 0.15) is 29.1 Å². The first-order chi connectivity index (χ1) is 15.7. The molecule has 3 N–H and O–H groups in total. The van der Waals surface area contributed by atoms with E-state index in [0.29, 0.717) is 34.4 Å². The van der Waals surface area contributed by atoms with Crippen molar-refractivity contribution in [2.75, 3.05) is 50.0 Å². The zero-order chi connectivity index (χ0) is 21.7. The maximum atomic E-state index is 6.41. The van der Waals surface area contributed by atoms with Gasteiger partial charge in [-0.05, 0) is 18.6 Å².